The Kier molecular flexibility index (Phi) is 12.1. The van der Waals surface area contributed by atoms with Crippen molar-refractivity contribution in [2.75, 3.05) is 19.7 Å². The summed E-state index contributed by atoms with van der Waals surface area (Å²) in [5.41, 5.74) is 3.71. The second-order valence-electron chi connectivity index (χ2n) is 13.1. The zero-order chi connectivity index (χ0) is 32.6. The lowest BCUT2D eigenvalue weighted by Crippen LogP contribution is -2.59. The van der Waals surface area contributed by atoms with Crippen molar-refractivity contribution in [1.29, 1.82) is 0 Å². The first-order valence-electron chi connectivity index (χ1n) is 15.7. The summed E-state index contributed by atoms with van der Waals surface area (Å²) in [7, 11) is 0. The Hall–Kier alpha value is -3.40. The number of ether oxygens (including phenoxy) is 1. The third kappa shape index (κ3) is 10.6. The van der Waals surface area contributed by atoms with Gasteiger partial charge in [-0.2, -0.15) is 0 Å². The predicted molar refractivity (Wildman–Crippen MR) is 181 cm³/mol. The number of hydrogen-bond donors (Lipinski definition) is 3. The van der Waals surface area contributed by atoms with Gasteiger partial charge in [0.2, 0.25) is 5.91 Å². The van der Waals surface area contributed by atoms with Crippen molar-refractivity contribution in [1.82, 2.24) is 20.5 Å². The number of amides is 2. The molecule has 2 aromatic carbocycles. The summed E-state index contributed by atoms with van der Waals surface area (Å²) in [5, 5.41) is 18.1. The van der Waals surface area contributed by atoms with Crippen molar-refractivity contribution in [2.45, 2.75) is 94.7 Å². The summed E-state index contributed by atoms with van der Waals surface area (Å²) in [4.78, 5) is 34.1. The Morgan fingerprint density at radius 2 is 1.73 bits per heavy atom. The number of aliphatic hydroxyl groups excluding tert-OH is 1. The number of likely N-dealkylation sites (tertiary alicyclic amines) is 1. The number of thioether (sulfide) groups is 1. The van der Waals surface area contributed by atoms with Gasteiger partial charge in [0, 0.05) is 41.2 Å². The summed E-state index contributed by atoms with van der Waals surface area (Å²) < 4.78 is 5.96. The standard InChI is InChI=1S/C36H48N4O4S/c1-24-18-25(2)34(26(3)19-24)44-23-33(42)38-30(20-27-10-8-7-9-11-27)32(41)22-40-17-14-29(45-28-12-15-37-16-13-28)21-31(40)35(43)39-36(4,5)6/h7-13,15-16,18-19,29-32,41H,14,17,20-23H2,1-6H3,(H,38,42)(H,39,43)/t29-,30+,31+,32-/m1/s1. The third-order valence-corrected chi connectivity index (χ3v) is 9.21. The summed E-state index contributed by atoms with van der Waals surface area (Å²) >= 11 is 1.77. The van der Waals surface area contributed by atoms with Crippen LogP contribution in [-0.2, 0) is 16.0 Å². The number of β-amino-alcohol motifs (C(OH)–C–C–N with tert-alkyl or cyclic N) is 1. The molecular formula is C36H48N4O4S. The van der Waals surface area contributed by atoms with E-state index in [2.05, 4.69) is 20.5 Å². The molecule has 45 heavy (non-hydrogen) atoms. The Morgan fingerprint density at radius 3 is 2.38 bits per heavy atom. The van der Waals surface area contributed by atoms with Crippen LogP contribution in [0.25, 0.3) is 0 Å². The van der Waals surface area contributed by atoms with Crippen molar-refractivity contribution in [3.05, 3.63) is 89.2 Å². The lowest BCUT2D eigenvalue weighted by molar-refractivity contribution is -0.130. The number of aliphatic hydroxyl groups is 1. The maximum Gasteiger partial charge on any atom is 0.258 e. The lowest BCUT2D eigenvalue weighted by Gasteiger charge is -2.41. The number of carbonyl (C=O) groups excluding carboxylic acids is 2. The van der Waals surface area contributed by atoms with Gasteiger partial charge in [0.1, 0.15) is 5.75 Å². The SMILES string of the molecule is Cc1cc(C)c(OCC(=O)N[C@@H](Cc2ccccc2)[C@H](O)CN2CC[C@@H](Sc3ccncc3)C[C@H]2C(=O)NC(C)(C)C)c(C)c1. The first-order valence-corrected chi connectivity index (χ1v) is 16.6. The van der Waals surface area contributed by atoms with Gasteiger partial charge < -0.3 is 20.5 Å². The highest BCUT2D eigenvalue weighted by molar-refractivity contribution is 8.00. The molecule has 1 aliphatic rings. The van der Waals surface area contributed by atoms with Crippen LogP contribution in [0, 0.1) is 20.8 Å². The van der Waals surface area contributed by atoms with Gasteiger partial charge in [0.15, 0.2) is 6.61 Å². The van der Waals surface area contributed by atoms with Crippen LogP contribution in [-0.4, -0.2) is 75.5 Å². The fourth-order valence-corrected chi connectivity index (χ4v) is 7.11. The molecule has 2 heterocycles. The molecule has 1 aromatic heterocycles. The fraction of sp³-hybridized carbons (Fsp3) is 0.472. The molecule has 3 N–H and O–H groups in total. The molecule has 1 aliphatic heterocycles. The summed E-state index contributed by atoms with van der Waals surface area (Å²) in [5.74, 6) is 0.357. The van der Waals surface area contributed by atoms with Gasteiger partial charge in [-0.3, -0.25) is 19.5 Å². The number of pyridine rings is 1. The molecular weight excluding hydrogens is 584 g/mol. The maximum atomic E-state index is 13.6. The zero-order valence-corrected chi connectivity index (χ0v) is 28.2. The van der Waals surface area contributed by atoms with Crippen LogP contribution < -0.4 is 15.4 Å². The first kappa shape index (κ1) is 34.5. The van der Waals surface area contributed by atoms with E-state index in [1.54, 1.807) is 24.2 Å². The molecule has 0 aliphatic carbocycles. The lowest BCUT2D eigenvalue weighted by atomic mass is 9.96. The van der Waals surface area contributed by atoms with Crippen LogP contribution in [0.15, 0.2) is 71.9 Å². The molecule has 8 nitrogen and oxygen atoms in total. The minimum atomic E-state index is -0.911. The molecule has 0 saturated carbocycles. The van der Waals surface area contributed by atoms with Crippen molar-refractivity contribution in [3.63, 3.8) is 0 Å². The van der Waals surface area contributed by atoms with Crippen LogP contribution in [0.4, 0.5) is 0 Å². The van der Waals surface area contributed by atoms with Crippen LogP contribution >= 0.6 is 11.8 Å². The normalized spacial score (nSPS) is 18.6. The van der Waals surface area contributed by atoms with Gasteiger partial charge in [-0.05, 0) is 89.6 Å². The van der Waals surface area contributed by atoms with E-state index in [9.17, 15) is 14.7 Å². The number of aromatic nitrogens is 1. The molecule has 0 bridgehead atoms. The summed E-state index contributed by atoms with van der Waals surface area (Å²) in [6.45, 7) is 12.7. The van der Waals surface area contributed by atoms with Gasteiger partial charge in [-0.15, -0.1) is 11.8 Å². The van der Waals surface area contributed by atoms with Gasteiger partial charge in [-0.25, -0.2) is 0 Å². The number of nitrogens with zero attached hydrogens (tertiary/aromatic N) is 2. The third-order valence-electron chi connectivity index (χ3n) is 7.90. The van der Waals surface area contributed by atoms with E-state index in [0.717, 1.165) is 33.6 Å². The number of benzene rings is 2. The number of hydrogen-bond acceptors (Lipinski definition) is 7. The van der Waals surface area contributed by atoms with E-state index in [1.807, 2.05) is 96.1 Å². The van der Waals surface area contributed by atoms with Gasteiger partial charge in [0.25, 0.3) is 5.91 Å². The van der Waals surface area contributed by atoms with Crippen LogP contribution in [0.1, 0.15) is 55.9 Å². The molecule has 0 radical (unpaired) electrons. The maximum absolute atomic E-state index is 13.6. The van der Waals surface area contributed by atoms with Crippen LogP contribution in [0.5, 0.6) is 5.75 Å². The summed E-state index contributed by atoms with van der Waals surface area (Å²) in [6.07, 6.45) is 4.63. The molecule has 242 valence electrons. The van der Waals surface area contributed by atoms with Crippen molar-refractivity contribution >= 4 is 23.6 Å². The topological polar surface area (TPSA) is 104 Å². The smallest absolute Gasteiger partial charge is 0.258 e. The molecule has 9 heteroatoms. The van der Waals surface area contributed by atoms with Crippen molar-refractivity contribution in [2.24, 2.45) is 0 Å². The van der Waals surface area contributed by atoms with Crippen molar-refractivity contribution in [3.8, 4) is 5.75 Å². The van der Waals surface area contributed by atoms with Gasteiger partial charge >= 0.3 is 0 Å². The van der Waals surface area contributed by atoms with E-state index < -0.39 is 18.2 Å². The average molecular weight is 633 g/mol. The van der Waals surface area contributed by atoms with Crippen LogP contribution in [0.2, 0.25) is 0 Å². The minimum Gasteiger partial charge on any atom is -0.483 e. The first-order chi connectivity index (χ1) is 21.4. The average Bonchev–Trinajstić information content (AvgIpc) is 2.97. The second-order valence-corrected chi connectivity index (χ2v) is 14.5. The van der Waals surface area contributed by atoms with E-state index in [4.69, 9.17) is 4.74 Å². The molecule has 3 aromatic rings. The van der Waals surface area contributed by atoms with Crippen molar-refractivity contribution < 1.29 is 19.4 Å². The number of rotatable bonds is 12. The highest BCUT2D eigenvalue weighted by Gasteiger charge is 2.37. The number of piperidine rings is 1. The molecule has 0 unspecified atom stereocenters. The monoisotopic (exact) mass is 632 g/mol. The van der Waals surface area contributed by atoms with E-state index in [1.165, 1.54) is 0 Å². The fourth-order valence-electron chi connectivity index (χ4n) is 5.94. The largest absolute Gasteiger partial charge is 0.483 e. The molecule has 1 saturated heterocycles. The number of nitrogens with one attached hydrogen (secondary N) is 2. The quantitative estimate of drug-likeness (QED) is 0.258. The van der Waals surface area contributed by atoms with E-state index in [0.29, 0.717) is 25.1 Å². The molecule has 4 atom stereocenters. The highest BCUT2D eigenvalue weighted by atomic mass is 32.2. The second kappa shape index (κ2) is 15.7. The molecule has 4 rings (SSSR count). The molecule has 0 spiro atoms. The molecule has 1 fully saturated rings. The van der Waals surface area contributed by atoms with Gasteiger partial charge in [-0.1, -0.05) is 48.0 Å². The zero-order valence-electron chi connectivity index (χ0n) is 27.4. The highest BCUT2D eigenvalue weighted by Crippen LogP contribution is 2.33. The number of carbonyl (C=O) groups is 2. The Bertz CT molecular complexity index is 1390. The summed E-state index contributed by atoms with van der Waals surface area (Å²) in [6, 6.07) is 16.9. The number of aryl methyl sites for hydroxylation is 3. The Morgan fingerprint density at radius 1 is 1.07 bits per heavy atom. The van der Waals surface area contributed by atoms with E-state index >= 15 is 0 Å². The molecule has 2 amide bonds. The Balaban J connectivity index is 1.48. The van der Waals surface area contributed by atoms with Crippen LogP contribution in [0.3, 0.4) is 0 Å². The van der Waals surface area contributed by atoms with Gasteiger partial charge in [0.05, 0.1) is 18.2 Å². The Labute approximate surface area is 272 Å². The predicted octanol–water partition coefficient (Wildman–Crippen LogP) is 5.01. The van der Waals surface area contributed by atoms with E-state index in [-0.39, 0.29) is 35.8 Å². The minimum absolute atomic E-state index is 0.0457.